The van der Waals surface area contributed by atoms with Crippen LogP contribution in [0.5, 0.6) is 5.75 Å². The molecule has 162 valence electrons. The van der Waals surface area contributed by atoms with Crippen LogP contribution in [0.1, 0.15) is 41.4 Å². The van der Waals surface area contributed by atoms with E-state index < -0.39 is 11.9 Å². The van der Waals surface area contributed by atoms with E-state index in [0.29, 0.717) is 40.4 Å². The number of carbonyl (C=O) groups is 1. The van der Waals surface area contributed by atoms with Gasteiger partial charge in [-0.1, -0.05) is 11.6 Å². The van der Waals surface area contributed by atoms with Gasteiger partial charge in [-0.3, -0.25) is 14.6 Å². The van der Waals surface area contributed by atoms with E-state index in [1.165, 1.54) is 18.3 Å². The van der Waals surface area contributed by atoms with Crippen molar-refractivity contribution in [3.05, 3.63) is 64.3 Å². The van der Waals surface area contributed by atoms with E-state index in [1.54, 1.807) is 29.9 Å². The van der Waals surface area contributed by atoms with Crippen molar-refractivity contribution < 1.29 is 13.9 Å². The van der Waals surface area contributed by atoms with E-state index in [4.69, 9.17) is 22.1 Å². The number of halogens is 2. The first-order chi connectivity index (χ1) is 15.4. The van der Waals surface area contributed by atoms with Gasteiger partial charge in [-0.25, -0.2) is 9.37 Å². The fraction of sp³-hybridized carbons (Fsp3) is 0.182. The van der Waals surface area contributed by atoms with Gasteiger partial charge in [0.25, 0.3) is 0 Å². The first-order valence-corrected chi connectivity index (χ1v) is 10.3. The zero-order valence-corrected chi connectivity index (χ0v) is 17.9. The summed E-state index contributed by atoms with van der Waals surface area (Å²) in [6.07, 6.45) is 2.36. The number of ketones is 1. The number of hydrogen-bond donors (Lipinski definition) is 2. The number of fused-ring (bicyclic) bond motifs is 7. The Labute approximate surface area is 187 Å². The third kappa shape index (κ3) is 3.04. The molecule has 4 aromatic rings. The molecule has 1 aliphatic rings. The molecule has 0 fully saturated rings. The summed E-state index contributed by atoms with van der Waals surface area (Å²) in [4.78, 5) is 18.0. The number of aryl methyl sites for hydroxylation is 1. The van der Waals surface area contributed by atoms with E-state index in [0.717, 1.165) is 0 Å². The maximum absolute atomic E-state index is 14.2. The average molecular weight is 453 g/mol. The van der Waals surface area contributed by atoms with Crippen LogP contribution in [-0.2, 0) is 6.54 Å². The van der Waals surface area contributed by atoms with Gasteiger partial charge in [0.05, 0.1) is 28.7 Å². The highest BCUT2D eigenvalue weighted by Gasteiger charge is 2.30. The minimum absolute atomic E-state index is 0.0584. The number of anilines is 1. The largest absolute Gasteiger partial charge is 0.482 e. The van der Waals surface area contributed by atoms with E-state index in [1.807, 2.05) is 6.92 Å². The summed E-state index contributed by atoms with van der Waals surface area (Å²) in [5.74, 6) is -0.335. The van der Waals surface area contributed by atoms with Crippen LogP contribution in [0, 0.1) is 5.82 Å². The number of nitrogens with two attached hydrogens (primary N) is 1. The van der Waals surface area contributed by atoms with Crippen molar-refractivity contribution in [2.75, 3.05) is 5.73 Å². The molecule has 32 heavy (non-hydrogen) atoms. The molecule has 5 rings (SSSR count). The summed E-state index contributed by atoms with van der Waals surface area (Å²) >= 11 is 6.44. The zero-order chi connectivity index (χ0) is 22.6. The molecule has 1 aliphatic heterocycles. The Morgan fingerprint density at radius 2 is 2.09 bits per heavy atom. The molecule has 0 saturated heterocycles. The van der Waals surface area contributed by atoms with Crippen molar-refractivity contribution in [2.45, 2.75) is 26.5 Å². The van der Waals surface area contributed by atoms with Crippen molar-refractivity contribution >= 4 is 23.2 Å². The summed E-state index contributed by atoms with van der Waals surface area (Å²) in [6, 6.07) is 5.95. The second-order valence-corrected chi connectivity index (χ2v) is 7.78. The molecule has 0 radical (unpaired) electrons. The quantitative estimate of drug-likeness (QED) is 0.442. The lowest BCUT2D eigenvalue weighted by Crippen LogP contribution is -2.11. The summed E-state index contributed by atoms with van der Waals surface area (Å²) < 4.78 is 21.9. The van der Waals surface area contributed by atoms with Gasteiger partial charge >= 0.3 is 0 Å². The number of aromatic amines is 1. The van der Waals surface area contributed by atoms with Crippen LogP contribution >= 0.6 is 11.6 Å². The highest BCUT2D eigenvalue weighted by Crippen LogP contribution is 2.39. The number of pyridine rings is 1. The zero-order valence-electron chi connectivity index (χ0n) is 17.2. The molecule has 8 nitrogen and oxygen atoms in total. The Bertz CT molecular complexity index is 1380. The van der Waals surface area contributed by atoms with E-state index in [-0.39, 0.29) is 27.9 Å². The summed E-state index contributed by atoms with van der Waals surface area (Å²) in [7, 11) is 0. The smallest absolute Gasteiger partial charge is 0.202 e. The number of rotatable bonds is 1. The maximum Gasteiger partial charge on any atom is 0.202 e. The summed E-state index contributed by atoms with van der Waals surface area (Å²) in [6.45, 7) is 4.13. The van der Waals surface area contributed by atoms with Gasteiger partial charge in [-0.05, 0) is 38.1 Å². The average Bonchev–Trinajstić information content (AvgIpc) is 3.38. The molecule has 3 aromatic heterocycles. The molecule has 0 spiro atoms. The van der Waals surface area contributed by atoms with E-state index in [2.05, 4.69) is 20.3 Å². The molecule has 1 atom stereocenters. The topological polar surface area (TPSA) is 112 Å². The maximum atomic E-state index is 14.2. The second kappa shape index (κ2) is 7.45. The van der Waals surface area contributed by atoms with Crippen molar-refractivity contribution in [1.82, 2.24) is 25.0 Å². The molecule has 0 amide bonds. The van der Waals surface area contributed by atoms with Crippen LogP contribution in [0.25, 0.3) is 22.5 Å². The van der Waals surface area contributed by atoms with Crippen molar-refractivity contribution in [1.29, 1.82) is 0 Å². The lowest BCUT2D eigenvalue weighted by atomic mass is 9.94. The van der Waals surface area contributed by atoms with Crippen molar-refractivity contribution in [2.24, 2.45) is 0 Å². The molecule has 0 unspecified atom stereocenters. The molecule has 0 saturated carbocycles. The Kier molecular flexibility index (Phi) is 4.70. The standard InChI is InChI=1S/C22H18ClFN6O2/c1-3-30-19-11-6-16(22(25)26-8-11)32-10(2)14-7-12(24)4-5-13(14)18-15(9-27-28-18)20(31)17(19)21(23)29-30/h4-10H,3H2,1-2H3,(H2,25,26)(H,27,28)/t10-/m1/s1. The van der Waals surface area contributed by atoms with Crippen LogP contribution in [-0.4, -0.2) is 30.7 Å². The van der Waals surface area contributed by atoms with E-state index >= 15 is 0 Å². The lowest BCUT2D eigenvalue weighted by molar-refractivity contribution is 0.104. The number of nitrogens with zero attached hydrogens (tertiary/aromatic N) is 4. The molecule has 0 aliphatic carbocycles. The van der Waals surface area contributed by atoms with Gasteiger partial charge in [-0.15, -0.1) is 0 Å². The summed E-state index contributed by atoms with van der Waals surface area (Å²) in [5, 5.41) is 11.3. The first kappa shape index (κ1) is 20.2. The number of H-pyrrole nitrogens is 1. The monoisotopic (exact) mass is 452 g/mol. The minimum Gasteiger partial charge on any atom is -0.482 e. The Balaban J connectivity index is 1.87. The third-order valence-corrected chi connectivity index (χ3v) is 5.76. The SMILES string of the molecule is CCn1nc(Cl)c2c1-c1cnc(N)c(c1)O[C@H](C)c1cc(F)ccc1-c1[nH]ncc1C2=O. The van der Waals surface area contributed by atoms with Gasteiger partial charge in [-0.2, -0.15) is 10.2 Å². The van der Waals surface area contributed by atoms with Crippen LogP contribution < -0.4 is 10.5 Å². The predicted octanol–water partition coefficient (Wildman–Crippen LogP) is 4.41. The van der Waals surface area contributed by atoms with Gasteiger partial charge in [0.1, 0.15) is 11.9 Å². The number of nitrogens with one attached hydrogen (secondary N) is 1. The van der Waals surface area contributed by atoms with Crippen LogP contribution in [0.4, 0.5) is 10.2 Å². The first-order valence-electron chi connectivity index (χ1n) is 9.95. The number of carbonyl (C=O) groups excluding carboxylic acids is 1. The third-order valence-electron chi connectivity index (χ3n) is 5.50. The fourth-order valence-electron chi connectivity index (χ4n) is 3.99. The lowest BCUT2D eigenvalue weighted by Gasteiger charge is -2.21. The fourth-order valence-corrected chi connectivity index (χ4v) is 4.25. The Morgan fingerprint density at radius 3 is 2.88 bits per heavy atom. The van der Waals surface area contributed by atoms with Crippen molar-refractivity contribution in [3.63, 3.8) is 0 Å². The normalized spacial score (nSPS) is 15.1. The number of nitrogen functional groups attached to an aromatic ring is 1. The Hall–Kier alpha value is -3.72. The van der Waals surface area contributed by atoms with Crippen LogP contribution in [0.2, 0.25) is 5.15 Å². The minimum atomic E-state index is -0.607. The van der Waals surface area contributed by atoms with Gasteiger partial charge in [0.2, 0.25) is 5.78 Å². The molecular formula is C22H18ClFN6O2. The number of hydrogen-bond acceptors (Lipinski definition) is 6. The predicted molar refractivity (Wildman–Crippen MR) is 117 cm³/mol. The van der Waals surface area contributed by atoms with Gasteiger partial charge in [0, 0.05) is 29.4 Å². The molecule has 4 heterocycles. The molecular weight excluding hydrogens is 435 g/mol. The Morgan fingerprint density at radius 1 is 1.28 bits per heavy atom. The second-order valence-electron chi connectivity index (χ2n) is 7.42. The molecule has 2 bridgehead atoms. The number of ether oxygens (including phenoxy) is 1. The molecule has 1 aromatic carbocycles. The number of aromatic nitrogens is 5. The van der Waals surface area contributed by atoms with Gasteiger partial charge in [0.15, 0.2) is 16.7 Å². The van der Waals surface area contributed by atoms with Gasteiger partial charge < -0.3 is 10.5 Å². The number of benzene rings is 1. The van der Waals surface area contributed by atoms with E-state index in [9.17, 15) is 9.18 Å². The molecule has 3 N–H and O–H groups in total. The van der Waals surface area contributed by atoms with Crippen LogP contribution in [0.3, 0.4) is 0 Å². The highest BCUT2D eigenvalue weighted by molar-refractivity contribution is 6.35. The van der Waals surface area contributed by atoms with Crippen molar-refractivity contribution in [3.8, 4) is 28.3 Å². The molecule has 10 heteroatoms. The van der Waals surface area contributed by atoms with Crippen LogP contribution in [0.15, 0.2) is 36.7 Å². The summed E-state index contributed by atoms with van der Waals surface area (Å²) in [5.41, 5.74) is 9.16. The highest BCUT2D eigenvalue weighted by atomic mass is 35.5.